The van der Waals surface area contributed by atoms with Gasteiger partial charge in [0.1, 0.15) is 11.6 Å². The van der Waals surface area contributed by atoms with Crippen molar-refractivity contribution in [3.8, 4) is 0 Å². The largest absolute Gasteiger partial charge is 0.467 e. The number of nitrogens with zero attached hydrogens (tertiary/aromatic N) is 1. The second-order valence-electron chi connectivity index (χ2n) is 9.31. The molecule has 0 aromatic rings. The number of likely N-dealkylation sites (tertiary alicyclic amines) is 1. The topological polar surface area (TPSA) is 55.8 Å². The van der Waals surface area contributed by atoms with Crippen molar-refractivity contribution in [2.24, 2.45) is 17.8 Å². The van der Waals surface area contributed by atoms with Gasteiger partial charge in [-0.3, -0.25) is 4.90 Å². The van der Waals surface area contributed by atoms with Gasteiger partial charge in [0.25, 0.3) is 0 Å². The Labute approximate surface area is 158 Å². The van der Waals surface area contributed by atoms with Crippen molar-refractivity contribution >= 4 is 12.1 Å². The standard InChI is InChI=1S/C21H37NO4/c1-15-6-8-16(9-7-15)10-11-17-12-13-22(18(14-17)19(23)25-5)20(24)26-21(2,3)4/h15-18H,6-14H2,1-5H3/t15?,16?,17-,18+/m0/s1. The highest BCUT2D eigenvalue weighted by Crippen LogP contribution is 2.35. The number of amides is 1. The molecule has 150 valence electrons. The van der Waals surface area contributed by atoms with Crippen LogP contribution in [-0.2, 0) is 14.3 Å². The summed E-state index contributed by atoms with van der Waals surface area (Å²) in [5.41, 5.74) is -0.563. The normalized spacial score (nSPS) is 30.0. The van der Waals surface area contributed by atoms with Gasteiger partial charge in [-0.05, 0) is 51.4 Å². The molecule has 1 amide bonds. The van der Waals surface area contributed by atoms with Gasteiger partial charge in [-0.2, -0.15) is 0 Å². The van der Waals surface area contributed by atoms with Crippen LogP contribution in [0.5, 0.6) is 0 Å². The quantitative estimate of drug-likeness (QED) is 0.671. The summed E-state index contributed by atoms with van der Waals surface area (Å²) >= 11 is 0. The smallest absolute Gasteiger partial charge is 0.411 e. The van der Waals surface area contributed by atoms with Crippen LogP contribution >= 0.6 is 0 Å². The van der Waals surface area contributed by atoms with E-state index in [0.717, 1.165) is 24.7 Å². The first kappa shape index (κ1) is 21.0. The SMILES string of the molecule is COC(=O)[C@H]1C[C@@H](CCC2CCC(C)CC2)CCN1C(=O)OC(C)(C)C. The van der Waals surface area contributed by atoms with Crippen LogP contribution in [0.25, 0.3) is 0 Å². The van der Waals surface area contributed by atoms with Gasteiger partial charge in [0.15, 0.2) is 0 Å². The lowest BCUT2D eigenvalue weighted by Gasteiger charge is -2.39. The van der Waals surface area contributed by atoms with E-state index in [9.17, 15) is 9.59 Å². The molecule has 0 N–H and O–H groups in total. The molecule has 0 aromatic heterocycles. The molecular formula is C21H37NO4. The Hall–Kier alpha value is -1.26. The van der Waals surface area contributed by atoms with E-state index in [1.54, 1.807) is 4.90 Å². The van der Waals surface area contributed by atoms with Crippen LogP contribution in [0.1, 0.15) is 79.1 Å². The van der Waals surface area contributed by atoms with Crippen molar-refractivity contribution in [1.82, 2.24) is 4.90 Å². The maximum atomic E-state index is 12.5. The summed E-state index contributed by atoms with van der Waals surface area (Å²) in [6.45, 7) is 8.45. The number of carbonyl (C=O) groups is 2. The molecule has 0 bridgehead atoms. The second-order valence-corrected chi connectivity index (χ2v) is 9.31. The fourth-order valence-corrected chi connectivity index (χ4v) is 4.29. The number of carbonyl (C=O) groups excluding carboxylic acids is 2. The molecule has 1 aliphatic heterocycles. The van der Waals surface area contributed by atoms with Crippen molar-refractivity contribution < 1.29 is 19.1 Å². The molecule has 5 nitrogen and oxygen atoms in total. The molecular weight excluding hydrogens is 330 g/mol. The summed E-state index contributed by atoms with van der Waals surface area (Å²) in [6.07, 6.45) is 9.01. The van der Waals surface area contributed by atoms with E-state index < -0.39 is 17.7 Å². The highest BCUT2D eigenvalue weighted by Gasteiger charge is 2.39. The van der Waals surface area contributed by atoms with Crippen LogP contribution in [0.4, 0.5) is 4.79 Å². The van der Waals surface area contributed by atoms with Crippen LogP contribution in [0.15, 0.2) is 0 Å². The van der Waals surface area contributed by atoms with Gasteiger partial charge in [0.05, 0.1) is 7.11 Å². The Morgan fingerprint density at radius 1 is 1.00 bits per heavy atom. The minimum absolute atomic E-state index is 0.327. The predicted octanol–water partition coefficient (Wildman–Crippen LogP) is 4.78. The summed E-state index contributed by atoms with van der Waals surface area (Å²) in [4.78, 5) is 26.3. The number of esters is 1. The number of hydrogen-bond donors (Lipinski definition) is 0. The van der Waals surface area contributed by atoms with Gasteiger partial charge in [-0.15, -0.1) is 0 Å². The molecule has 2 rings (SSSR count). The zero-order valence-electron chi connectivity index (χ0n) is 17.3. The van der Waals surface area contributed by atoms with E-state index in [1.807, 2.05) is 20.8 Å². The Morgan fingerprint density at radius 3 is 2.19 bits per heavy atom. The number of ether oxygens (including phenoxy) is 2. The average molecular weight is 368 g/mol. The molecule has 0 aromatic carbocycles. The molecule has 1 heterocycles. The van der Waals surface area contributed by atoms with Gasteiger partial charge in [0, 0.05) is 6.54 Å². The minimum atomic E-state index is -0.563. The molecule has 1 saturated carbocycles. The lowest BCUT2D eigenvalue weighted by molar-refractivity contribution is -0.149. The molecule has 26 heavy (non-hydrogen) atoms. The average Bonchev–Trinajstić information content (AvgIpc) is 2.58. The number of methoxy groups -OCH3 is 1. The highest BCUT2D eigenvalue weighted by atomic mass is 16.6. The van der Waals surface area contributed by atoms with Crippen molar-refractivity contribution in [2.75, 3.05) is 13.7 Å². The zero-order valence-corrected chi connectivity index (χ0v) is 17.3. The van der Waals surface area contributed by atoms with E-state index in [2.05, 4.69) is 6.92 Å². The molecule has 0 unspecified atom stereocenters. The third-order valence-electron chi connectivity index (χ3n) is 5.93. The first-order chi connectivity index (χ1) is 12.2. The maximum Gasteiger partial charge on any atom is 0.411 e. The lowest BCUT2D eigenvalue weighted by Crippen LogP contribution is -2.52. The minimum Gasteiger partial charge on any atom is -0.467 e. The van der Waals surface area contributed by atoms with Crippen LogP contribution in [0, 0.1) is 17.8 Å². The van der Waals surface area contributed by atoms with Crippen LogP contribution in [0.2, 0.25) is 0 Å². The van der Waals surface area contributed by atoms with E-state index in [0.29, 0.717) is 18.9 Å². The first-order valence-electron chi connectivity index (χ1n) is 10.3. The van der Waals surface area contributed by atoms with Crippen molar-refractivity contribution in [1.29, 1.82) is 0 Å². The fourth-order valence-electron chi connectivity index (χ4n) is 4.29. The van der Waals surface area contributed by atoms with Gasteiger partial charge < -0.3 is 9.47 Å². The van der Waals surface area contributed by atoms with Crippen LogP contribution < -0.4 is 0 Å². The predicted molar refractivity (Wildman–Crippen MR) is 102 cm³/mol. The number of piperidine rings is 1. The maximum absolute atomic E-state index is 12.5. The Kier molecular flexibility index (Phi) is 7.36. The van der Waals surface area contributed by atoms with E-state index in [1.165, 1.54) is 39.2 Å². The molecule has 5 heteroatoms. The Bertz CT molecular complexity index is 477. The number of hydrogen-bond acceptors (Lipinski definition) is 4. The van der Waals surface area contributed by atoms with Crippen molar-refractivity contribution in [3.63, 3.8) is 0 Å². The molecule has 2 aliphatic rings. The molecule has 0 spiro atoms. The molecule has 2 atom stereocenters. The summed E-state index contributed by atoms with van der Waals surface area (Å²) in [5.74, 6) is 1.88. The second kappa shape index (κ2) is 9.09. The third kappa shape index (κ3) is 6.17. The lowest BCUT2D eigenvalue weighted by atomic mass is 9.78. The summed E-state index contributed by atoms with van der Waals surface area (Å²) in [5, 5.41) is 0. The summed E-state index contributed by atoms with van der Waals surface area (Å²) in [7, 11) is 1.39. The Balaban J connectivity index is 1.90. The monoisotopic (exact) mass is 367 g/mol. The zero-order chi connectivity index (χ0) is 19.3. The van der Waals surface area contributed by atoms with Crippen LogP contribution in [0.3, 0.4) is 0 Å². The van der Waals surface area contributed by atoms with Crippen LogP contribution in [-0.4, -0.2) is 42.3 Å². The summed E-state index contributed by atoms with van der Waals surface area (Å²) in [6, 6.07) is -0.514. The van der Waals surface area contributed by atoms with Gasteiger partial charge in [-0.1, -0.05) is 45.4 Å². The Morgan fingerprint density at radius 2 is 1.62 bits per heavy atom. The van der Waals surface area contributed by atoms with Crippen molar-refractivity contribution in [3.05, 3.63) is 0 Å². The fraction of sp³-hybridized carbons (Fsp3) is 0.905. The van der Waals surface area contributed by atoms with Crippen molar-refractivity contribution in [2.45, 2.75) is 90.7 Å². The van der Waals surface area contributed by atoms with E-state index in [4.69, 9.17) is 9.47 Å². The van der Waals surface area contributed by atoms with Gasteiger partial charge in [-0.25, -0.2) is 9.59 Å². The molecule has 1 saturated heterocycles. The first-order valence-corrected chi connectivity index (χ1v) is 10.3. The highest BCUT2D eigenvalue weighted by molar-refractivity contribution is 5.81. The van der Waals surface area contributed by atoms with E-state index in [-0.39, 0.29) is 5.97 Å². The molecule has 1 aliphatic carbocycles. The molecule has 2 fully saturated rings. The molecule has 0 radical (unpaired) electrons. The van der Waals surface area contributed by atoms with Gasteiger partial charge in [0.2, 0.25) is 0 Å². The van der Waals surface area contributed by atoms with Gasteiger partial charge >= 0.3 is 12.1 Å². The van der Waals surface area contributed by atoms with E-state index >= 15 is 0 Å². The third-order valence-corrected chi connectivity index (χ3v) is 5.93. The number of rotatable bonds is 4. The summed E-state index contributed by atoms with van der Waals surface area (Å²) < 4.78 is 10.4.